The van der Waals surface area contributed by atoms with Gasteiger partial charge in [-0.2, -0.15) is 0 Å². The Morgan fingerprint density at radius 3 is 2.62 bits per heavy atom. The van der Waals surface area contributed by atoms with Gasteiger partial charge in [0.25, 0.3) is 5.91 Å². The fraction of sp³-hybridized carbons (Fsp3) is 0.280. The van der Waals surface area contributed by atoms with Crippen LogP contribution in [0.2, 0.25) is 0 Å². The van der Waals surface area contributed by atoms with Gasteiger partial charge in [-0.1, -0.05) is 12.1 Å². The Kier molecular flexibility index (Phi) is 6.97. The third-order valence-corrected chi connectivity index (χ3v) is 5.57. The lowest BCUT2D eigenvalue weighted by atomic mass is 10.2. The summed E-state index contributed by atoms with van der Waals surface area (Å²) in [5.41, 5.74) is 2.20. The maximum absolute atomic E-state index is 13.5. The molecule has 1 amide bonds. The van der Waals surface area contributed by atoms with Crippen LogP contribution in [0.4, 0.5) is 15.9 Å². The van der Waals surface area contributed by atoms with E-state index in [1.165, 1.54) is 6.07 Å². The molecule has 1 N–H and O–H groups in total. The molecule has 0 atom stereocenters. The van der Waals surface area contributed by atoms with Crippen LogP contribution in [-0.2, 0) is 6.54 Å². The van der Waals surface area contributed by atoms with Gasteiger partial charge in [-0.25, -0.2) is 9.37 Å². The summed E-state index contributed by atoms with van der Waals surface area (Å²) < 4.78 is 18.6. The summed E-state index contributed by atoms with van der Waals surface area (Å²) in [7, 11) is 1.59. The number of hydrogen-bond acceptors (Lipinski definition) is 5. The van der Waals surface area contributed by atoms with Crippen molar-refractivity contribution >= 4 is 17.4 Å². The summed E-state index contributed by atoms with van der Waals surface area (Å²) in [5.74, 6) is 1.21. The molecule has 0 bridgehead atoms. The van der Waals surface area contributed by atoms with Gasteiger partial charge < -0.3 is 15.0 Å². The minimum Gasteiger partial charge on any atom is -0.497 e. The molecule has 1 saturated heterocycles. The number of benzene rings is 2. The summed E-state index contributed by atoms with van der Waals surface area (Å²) in [6.45, 7) is 4.34. The standard InChI is InChI=1S/C25H27FN4O2/c1-32-23-9-6-20(7-10-23)25(31)28-22-8-11-24(27-17-22)30-13-3-12-29(14-15-30)18-19-4-2-5-21(26)16-19/h2,4-11,16-17H,3,12-15,18H2,1H3,(H,28,31). The quantitative estimate of drug-likeness (QED) is 0.630. The molecule has 7 heteroatoms. The molecular formula is C25H27FN4O2. The Hall–Kier alpha value is -3.45. The molecule has 4 rings (SSSR count). The highest BCUT2D eigenvalue weighted by molar-refractivity contribution is 6.04. The monoisotopic (exact) mass is 434 g/mol. The van der Waals surface area contributed by atoms with Crippen LogP contribution in [0.5, 0.6) is 5.75 Å². The van der Waals surface area contributed by atoms with Crippen molar-refractivity contribution < 1.29 is 13.9 Å². The van der Waals surface area contributed by atoms with Crippen LogP contribution in [0.1, 0.15) is 22.3 Å². The molecule has 32 heavy (non-hydrogen) atoms. The van der Waals surface area contributed by atoms with E-state index in [1.54, 1.807) is 49.7 Å². The zero-order valence-corrected chi connectivity index (χ0v) is 18.1. The van der Waals surface area contributed by atoms with Gasteiger partial charge in [0.2, 0.25) is 0 Å². The van der Waals surface area contributed by atoms with E-state index in [0.717, 1.165) is 50.5 Å². The normalized spacial score (nSPS) is 14.6. The van der Waals surface area contributed by atoms with Crippen LogP contribution in [-0.4, -0.2) is 49.1 Å². The molecule has 2 aromatic carbocycles. The number of rotatable bonds is 6. The molecule has 1 aliphatic heterocycles. The molecule has 0 aliphatic carbocycles. The fourth-order valence-corrected chi connectivity index (χ4v) is 3.84. The number of pyridine rings is 1. The number of aromatic nitrogens is 1. The maximum atomic E-state index is 13.5. The van der Waals surface area contributed by atoms with E-state index in [0.29, 0.717) is 17.0 Å². The number of carbonyl (C=O) groups excluding carboxylic acids is 1. The first kappa shape index (κ1) is 21.8. The average Bonchev–Trinajstić information content (AvgIpc) is 3.05. The molecule has 2 heterocycles. The molecule has 166 valence electrons. The highest BCUT2D eigenvalue weighted by atomic mass is 19.1. The Morgan fingerprint density at radius 2 is 1.91 bits per heavy atom. The number of hydrogen-bond donors (Lipinski definition) is 1. The second-order valence-corrected chi connectivity index (χ2v) is 7.83. The Balaban J connectivity index is 1.32. The SMILES string of the molecule is COc1ccc(C(=O)Nc2ccc(N3CCCN(Cc4cccc(F)c4)CC3)nc2)cc1. The van der Waals surface area contributed by atoms with Crippen LogP contribution in [0.3, 0.4) is 0 Å². The number of ether oxygens (including phenoxy) is 1. The number of anilines is 2. The van der Waals surface area contributed by atoms with Gasteiger partial charge in [0.05, 0.1) is 19.0 Å². The molecule has 3 aromatic rings. The number of nitrogens with one attached hydrogen (secondary N) is 1. The minimum atomic E-state index is -0.192. The first-order chi connectivity index (χ1) is 15.6. The lowest BCUT2D eigenvalue weighted by molar-refractivity contribution is 0.102. The first-order valence-electron chi connectivity index (χ1n) is 10.7. The van der Waals surface area contributed by atoms with Gasteiger partial charge in [0.15, 0.2) is 0 Å². The van der Waals surface area contributed by atoms with Crippen LogP contribution in [0, 0.1) is 5.82 Å². The largest absolute Gasteiger partial charge is 0.497 e. The minimum absolute atomic E-state index is 0.190. The third kappa shape index (κ3) is 5.62. The molecule has 0 unspecified atom stereocenters. The van der Waals surface area contributed by atoms with E-state index in [9.17, 15) is 9.18 Å². The molecule has 1 fully saturated rings. The van der Waals surface area contributed by atoms with Crippen molar-refractivity contribution in [3.63, 3.8) is 0 Å². The molecule has 6 nitrogen and oxygen atoms in total. The third-order valence-electron chi connectivity index (χ3n) is 5.57. The molecule has 1 aromatic heterocycles. The van der Waals surface area contributed by atoms with E-state index >= 15 is 0 Å². The zero-order valence-electron chi connectivity index (χ0n) is 18.1. The first-order valence-corrected chi connectivity index (χ1v) is 10.7. The molecule has 1 aliphatic rings. The average molecular weight is 435 g/mol. The molecule has 0 saturated carbocycles. The molecular weight excluding hydrogens is 407 g/mol. The highest BCUT2D eigenvalue weighted by Gasteiger charge is 2.16. The lowest BCUT2D eigenvalue weighted by Gasteiger charge is -2.23. The number of halogens is 1. The van der Waals surface area contributed by atoms with Gasteiger partial charge in [0.1, 0.15) is 17.4 Å². The van der Waals surface area contributed by atoms with Gasteiger partial charge in [-0.15, -0.1) is 0 Å². The van der Waals surface area contributed by atoms with E-state index in [4.69, 9.17) is 4.74 Å². The second kappa shape index (κ2) is 10.2. The fourth-order valence-electron chi connectivity index (χ4n) is 3.84. The van der Waals surface area contributed by atoms with E-state index in [-0.39, 0.29) is 11.7 Å². The summed E-state index contributed by atoms with van der Waals surface area (Å²) >= 11 is 0. The zero-order chi connectivity index (χ0) is 22.3. The van der Waals surface area contributed by atoms with Crippen molar-refractivity contribution in [2.24, 2.45) is 0 Å². The van der Waals surface area contributed by atoms with Gasteiger partial charge >= 0.3 is 0 Å². The Bertz CT molecular complexity index is 1040. The Labute approximate surface area is 187 Å². The van der Waals surface area contributed by atoms with Crippen molar-refractivity contribution in [2.45, 2.75) is 13.0 Å². The van der Waals surface area contributed by atoms with Gasteiger partial charge in [-0.05, 0) is 60.5 Å². The second-order valence-electron chi connectivity index (χ2n) is 7.83. The molecule has 0 radical (unpaired) electrons. The predicted octanol–water partition coefficient (Wildman–Crippen LogP) is 4.19. The van der Waals surface area contributed by atoms with Crippen molar-refractivity contribution in [1.29, 1.82) is 0 Å². The van der Waals surface area contributed by atoms with Crippen molar-refractivity contribution in [3.05, 3.63) is 83.8 Å². The summed E-state index contributed by atoms with van der Waals surface area (Å²) in [5, 5.41) is 2.88. The smallest absolute Gasteiger partial charge is 0.255 e. The highest BCUT2D eigenvalue weighted by Crippen LogP contribution is 2.19. The summed E-state index contributed by atoms with van der Waals surface area (Å²) in [6.07, 6.45) is 2.69. The predicted molar refractivity (Wildman–Crippen MR) is 124 cm³/mol. The molecule has 0 spiro atoms. The number of carbonyl (C=O) groups is 1. The van der Waals surface area contributed by atoms with E-state index < -0.39 is 0 Å². The summed E-state index contributed by atoms with van der Waals surface area (Å²) in [6, 6.07) is 17.6. The van der Waals surface area contributed by atoms with Crippen molar-refractivity contribution in [3.8, 4) is 5.75 Å². The van der Waals surface area contributed by atoms with Crippen LogP contribution in [0.15, 0.2) is 66.9 Å². The van der Waals surface area contributed by atoms with Gasteiger partial charge in [-0.3, -0.25) is 9.69 Å². The number of methoxy groups -OCH3 is 1. The topological polar surface area (TPSA) is 57.7 Å². The summed E-state index contributed by atoms with van der Waals surface area (Å²) in [4.78, 5) is 21.6. The Morgan fingerprint density at radius 1 is 1.06 bits per heavy atom. The maximum Gasteiger partial charge on any atom is 0.255 e. The number of amides is 1. The van der Waals surface area contributed by atoms with E-state index in [2.05, 4.69) is 20.1 Å². The van der Waals surface area contributed by atoms with Gasteiger partial charge in [0, 0.05) is 38.3 Å². The van der Waals surface area contributed by atoms with Crippen LogP contribution >= 0.6 is 0 Å². The van der Waals surface area contributed by atoms with E-state index in [1.807, 2.05) is 18.2 Å². The lowest BCUT2D eigenvalue weighted by Crippen LogP contribution is -2.31. The number of nitrogens with zero attached hydrogens (tertiary/aromatic N) is 3. The van der Waals surface area contributed by atoms with Crippen LogP contribution < -0.4 is 15.0 Å². The van der Waals surface area contributed by atoms with Crippen molar-refractivity contribution in [1.82, 2.24) is 9.88 Å². The van der Waals surface area contributed by atoms with Crippen LogP contribution in [0.25, 0.3) is 0 Å². The van der Waals surface area contributed by atoms with Crippen molar-refractivity contribution in [2.75, 3.05) is 43.5 Å².